The first kappa shape index (κ1) is 16.9. The zero-order valence-corrected chi connectivity index (χ0v) is 12.3. The smallest absolute Gasteiger partial charge is 0.328 e. The Labute approximate surface area is 118 Å². The molecule has 5 N–H and O–H groups in total. The maximum Gasteiger partial charge on any atom is 0.328 e. The highest BCUT2D eigenvalue weighted by atomic mass is 16.5. The molecule has 1 rings (SSSR count). The van der Waals surface area contributed by atoms with Gasteiger partial charge in [-0.2, -0.15) is 0 Å². The molecule has 2 unspecified atom stereocenters. The summed E-state index contributed by atoms with van der Waals surface area (Å²) >= 11 is 0. The molecule has 1 amide bonds. The summed E-state index contributed by atoms with van der Waals surface area (Å²) in [4.78, 5) is 23.3. The molecule has 0 bridgehead atoms. The minimum Gasteiger partial charge on any atom is -0.480 e. The van der Waals surface area contributed by atoms with Gasteiger partial charge < -0.3 is 26.0 Å². The molecule has 0 aromatic heterocycles. The molecule has 0 spiro atoms. The second-order valence-corrected chi connectivity index (χ2v) is 5.87. The van der Waals surface area contributed by atoms with E-state index in [1.807, 2.05) is 20.8 Å². The van der Waals surface area contributed by atoms with Gasteiger partial charge in [-0.05, 0) is 13.8 Å². The summed E-state index contributed by atoms with van der Waals surface area (Å²) in [6.45, 7) is 7.32. The highest BCUT2D eigenvalue weighted by Gasteiger charge is 2.63. The van der Waals surface area contributed by atoms with Gasteiger partial charge in [0.25, 0.3) is 0 Å². The first-order chi connectivity index (χ1) is 9.07. The number of carbonyl (C=O) groups is 2. The molecular weight excluding hydrogens is 264 g/mol. The van der Waals surface area contributed by atoms with Crippen LogP contribution < -0.4 is 11.1 Å². The Balaban J connectivity index is 2.80. The number of hydrogen-bond donors (Lipinski definition) is 4. The van der Waals surface area contributed by atoms with Crippen molar-refractivity contribution >= 4 is 11.9 Å². The highest BCUT2D eigenvalue weighted by Crippen LogP contribution is 2.49. The predicted octanol–water partition coefficient (Wildman–Crippen LogP) is -0.531. The molecule has 7 nitrogen and oxygen atoms in total. The van der Waals surface area contributed by atoms with Crippen LogP contribution in [0.3, 0.4) is 0 Å². The fourth-order valence-corrected chi connectivity index (χ4v) is 2.48. The summed E-state index contributed by atoms with van der Waals surface area (Å²) in [7, 11) is 0. The fraction of sp³-hybridized carbons (Fsp3) is 0.846. The van der Waals surface area contributed by atoms with Crippen molar-refractivity contribution in [3.05, 3.63) is 0 Å². The molecule has 7 heteroatoms. The van der Waals surface area contributed by atoms with E-state index in [0.29, 0.717) is 13.0 Å². The number of ether oxygens (including phenoxy) is 1. The van der Waals surface area contributed by atoms with E-state index in [-0.39, 0.29) is 6.10 Å². The Hall–Kier alpha value is -1.18. The van der Waals surface area contributed by atoms with Crippen molar-refractivity contribution < 1.29 is 24.5 Å². The number of nitrogens with two attached hydrogens (primary N) is 1. The summed E-state index contributed by atoms with van der Waals surface area (Å²) in [6, 6.07) is -1.37. The van der Waals surface area contributed by atoms with Crippen molar-refractivity contribution in [2.24, 2.45) is 11.1 Å². The van der Waals surface area contributed by atoms with Gasteiger partial charge in [-0.1, -0.05) is 13.8 Å². The maximum atomic E-state index is 12.3. The summed E-state index contributed by atoms with van der Waals surface area (Å²) in [5, 5.41) is 20.7. The van der Waals surface area contributed by atoms with Gasteiger partial charge in [0, 0.05) is 18.4 Å². The third-order valence-electron chi connectivity index (χ3n) is 4.27. The van der Waals surface area contributed by atoms with Crippen LogP contribution in [0.1, 0.15) is 34.1 Å². The SMILES string of the molecule is CCOC1CC(N)(C(=O)N[C@H](C(=O)O)[C@@H](C)O)C1(C)C. The summed E-state index contributed by atoms with van der Waals surface area (Å²) in [5.41, 5.74) is 4.33. The molecule has 0 radical (unpaired) electrons. The molecule has 0 aromatic carbocycles. The fourth-order valence-electron chi connectivity index (χ4n) is 2.48. The minimum atomic E-state index is -1.37. The number of aliphatic hydroxyl groups is 1. The topological polar surface area (TPSA) is 122 Å². The van der Waals surface area contributed by atoms with Gasteiger partial charge in [-0.3, -0.25) is 4.79 Å². The normalized spacial score (nSPS) is 31.0. The molecule has 0 saturated heterocycles. The predicted molar refractivity (Wildman–Crippen MR) is 72.0 cm³/mol. The number of aliphatic carboxylic acids is 1. The van der Waals surface area contributed by atoms with E-state index >= 15 is 0 Å². The average molecular weight is 288 g/mol. The van der Waals surface area contributed by atoms with Crippen LogP contribution in [0.4, 0.5) is 0 Å². The lowest BCUT2D eigenvalue weighted by molar-refractivity contribution is -0.173. The van der Waals surface area contributed by atoms with Crippen LogP contribution in [0.2, 0.25) is 0 Å². The molecule has 1 aliphatic rings. The van der Waals surface area contributed by atoms with E-state index in [1.54, 1.807) is 0 Å². The van der Waals surface area contributed by atoms with Gasteiger partial charge in [-0.15, -0.1) is 0 Å². The number of rotatable bonds is 6. The Morgan fingerprint density at radius 2 is 2.05 bits per heavy atom. The van der Waals surface area contributed by atoms with Crippen molar-refractivity contribution in [1.29, 1.82) is 0 Å². The molecule has 1 saturated carbocycles. The molecule has 20 heavy (non-hydrogen) atoms. The van der Waals surface area contributed by atoms with Crippen molar-refractivity contribution in [3.8, 4) is 0 Å². The number of aliphatic hydroxyl groups excluding tert-OH is 1. The molecular formula is C13H24N2O5. The second kappa shape index (κ2) is 5.67. The van der Waals surface area contributed by atoms with Gasteiger partial charge in [0.05, 0.1) is 12.2 Å². The number of amides is 1. The van der Waals surface area contributed by atoms with Crippen LogP contribution in [0.5, 0.6) is 0 Å². The van der Waals surface area contributed by atoms with E-state index in [4.69, 9.17) is 15.6 Å². The first-order valence-electron chi connectivity index (χ1n) is 6.70. The summed E-state index contributed by atoms with van der Waals surface area (Å²) in [6.07, 6.45) is -1.02. The van der Waals surface area contributed by atoms with Crippen molar-refractivity contribution in [1.82, 2.24) is 5.32 Å². The van der Waals surface area contributed by atoms with Crippen LogP contribution >= 0.6 is 0 Å². The minimum absolute atomic E-state index is 0.141. The summed E-state index contributed by atoms with van der Waals surface area (Å²) < 4.78 is 5.51. The van der Waals surface area contributed by atoms with Gasteiger partial charge in [0.15, 0.2) is 6.04 Å². The number of carbonyl (C=O) groups excluding carboxylic acids is 1. The third-order valence-corrected chi connectivity index (χ3v) is 4.27. The molecule has 116 valence electrons. The standard InChI is InChI=1S/C13H24N2O5/c1-5-20-8-6-13(14,12(8,3)4)11(19)15-9(7(2)16)10(17)18/h7-9,16H,5-6,14H2,1-4H3,(H,15,19)(H,17,18)/t7-,8?,9+,13?/m1/s1. The van der Waals surface area contributed by atoms with E-state index in [2.05, 4.69) is 5.32 Å². The lowest BCUT2D eigenvalue weighted by atomic mass is 9.54. The van der Waals surface area contributed by atoms with Crippen LogP contribution in [-0.2, 0) is 14.3 Å². The Bertz CT molecular complexity index is 396. The second-order valence-electron chi connectivity index (χ2n) is 5.87. The quantitative estimate of drug-likeness (QED) is 0.521. The van der Waals surface area contributed by atoms with Gasteiger partial charge in [-0.25, -0.2) is 4.79 Å². The van der Waals surface area contributed by atoms with Crippen molar-refractivity contribution in [3.63, 3.8) is 0 Å². The molecule has 0 heterocycles. The zero-order chi connectivity index (χ0) is 15.7. The summed E-state index contributed by atoms with van der Waals surface area (Å²) in [5.74, 6) is -1.87. The van der Waals surface area contributed by atoms with Crippen LogP contribution in [0, 0.1) is 5.41 Å². The maximum absolute atomic E-state index is 12.3. The lowest BCUT2D eigenvalue weighted by Crippen LogP contribution is -2.76. The van der Waals surface area contributed by atoms with Gasteiger partial charge in [0.1, 0.15) is 5.54 Å². The highest BCUT2D eigenvalue weighted by molar-refractivity contribution is 5.92. The molecule has 0 aromatic rings. The van der Waals surface area contributed by atoms with E-state index < -0.39 is 35.0 Å². The number of hydrogen-bond acceptors (Lipinski definition) is 5. The third kappa shape index (κ3) is 2.65. The molecule has 0 aliphatic heterocycles. The molecule has 1 aliphatic carbocycles. The Kier molecular flexibility index (Phi) is 4.78. The largest absolute Gasteiger partial charge is 0.480 e. The molecule has 4 atom stereocenters. The van der Waals surface area contributed by atoms with Crippen molar-refractivity contribution in [2.75, 3.05) is 6.61 Å². The van der Waals surface area contributed by atoms with Crippen molar-refractivity contribution in [2.45, 2.75) is 57.9 Å². The van der Waals surface area contributed by atoms with E-state index in [9.17, 15) is 14.7 Å². The van der Waals surface area contributed by atoms with E-state index in [1.165, 1.54) is 6.92 Å². The lowest BCUT2D eigenvalue weighted by Gasteiger charge is -2.57. The van der Waals surface area contributed by atoms with Crippen LogP contribution in [0.25, 0.3) is 0 Å². The van der Waals surface area contributed by atoms with E-state index in [0.717, 1.165) is 0 Å². The zero-order valence-electron chi connectivity index (χ0n) is 12.3. The monoisotopic (exact) mass is 288 g/mol. The number of carboxylic acid groups (broad SMARTS) is 1. The molecule has 1 fully saturated rings. The van der Waals surface area contributed by atoms with Crippen LogP contribution in [-0.4, -0.2) is 52.5 Å². The average Bonchev–Trinajstić information content (AvgIpc) is 2.34. The first-order valence-corrected chi connectivity index (χ1v) is 6.70. The van der Waals surface area contributed by atoms with Crippen LogP contribution in [0.15, 0.2) is 0 Å². The van der Waals surface area contributed by atoms with Gasteiger partial charge >= 0.3 is 5.97 Å². The number of nitrogens with one attached hydrogen (secondary N) is 1. The van der Waals surface area contributed by atoms with Gasteiger partial charge in [0.2, 0.25) is 5.91 Å². The Morgan fingerprint density at radius 1 is 1.50 bits per heavy atom. The number of carboxylic acids is 1. The Morgan fingerprint density at radius 3 is 2.40 bits per heavy atom.